The van der Waals surface area contributed by atoms with Crippen LogP contribution in [0.1, 0.15) is 40.8 Å². The summed E-state index contributed by atoms with van der Waals surface area (Å²) in [5, 5.41) is 2.93. The topological polar surface area (TPSA) is 66.5 Å². The SMILES string of the molecule is Cc1cc(C)c([C@H](C)NC(=O)CN(Cc2ccccc2)S(=O)(=O)c2ccc(F)cc2)cc1C. The molecule has 3 rings (SSSR count). The fourth-order valence-electron chi connectivity index (χ4n) is 3.74. The highest BCUT2D eigenvalue weighted by Crippen LogP contribution is 2.23. The summed E-state index contributed by atoms with van der Waals surface area (Å²) in [6.45, 7) is 7.59. The van der Waals surface area contributed by atoms with Crippen molar-refractivity contribution < 1.29 is 17.6 Å². The Bertz CT molecular complexity index is 1230. The lowest BCUT2D eigenvalue weighted by Crippen LogP contribution is -2.41. The quantitative estimate of drug-likeness (QED) is 0.516. The van der Waals surface area contributed by atoms with Crippen molar-refractivity contribution in [1.29, 1.82) is 0 Å². The van der Waals surface area contributed by atoms with Gasteiger partial charge in [-0.25, -0.2) is 12.8 Å². The zero-order valence-corrected chi connectivity index (χ0v) is 20.1. The van der Waals surface area contributed by atoms with E-state index in [4.69, 9.17) is 0 Å². The highest BCUT2D eigenvalue weighted by molar-refractivity contribution is 7.89. The van der Waals surface area contributed by atoms with E-state index in [0.29, 0.717) is 0 Å². The van der Waals surface area contributed by atoms with E-state index in [2.05, 4.69) is 11.4 Å². The molecule has 3 aromatic rings. The number of carbonyl (C=O) groups is 1. The largest absolute Gasteiger partial charge is 0.348 e. The molecule has 0 saturated heterocycles. The zero-order valence-electron chi connectivity index (χ0n) is 19.3. The van der Waals surface area contributed by atoms with Crippen LogP contribution >= 0.6 is 0 Å². The first-order valence-electron chi connectivity index (χ1n) is 10.7. The minimum atomic E-state index is -4.03. The van der Waals surface area contributed by atoms with Crippen molar-refractivity contribution in [2.24, 2.45) is 0 Å². The van der Waals surface area contributed by atoms with Crippen molar-refractivity contribution in [3.63, 3.8) is 0 Å². The molecule has 7 heteroatoms. The summed E-state index contributed by atoms with van der Waals surface area (Å²) in [4.78, 5) is 12.9. The maximum Gasteiger partial charge on any atom is 0.243 e. The van der Waals surface area contributed by atoms with Gasteiger partial charge in [-0.2, -0.15) is 4.31 Å². The second-order valence-electron chi connectivity index (χ2n) is 8.29. The third kappa shape index (κ3) is 6.06. The molecule has 0 saturated carbocycles. The van der Waals surface area contributed by atoms with E-state index < -0.39 is 21.7 Å². The third-order valence-electron chi connectivity index (χ3n) is 5.70. The van der Waals surface area contributed by atoms with Crippen LogP contribution in [-0.4, -0.2) is 25.2 Å². The van der Waals surface area contributed by atoms with E-state index in [0.717, 1.165) is 38.7 Å². The van der Waals surface area contributed by atoms with Gasteiger partial charge in [-0.05, 0) is 79.8 Å². The average Bonchev–Trinajstić information content (AvgIpc) is 2.76. The van der Waals surface area contributed by atoms with E-state index in [1.54, 1.807) is 12.1 Å². The summed E-state index contributed by atoms with van der Waals surface area (Å²) >= 11 is 0. The first-order valence-corrected chi connectivity index (χ1v) is 12.2. The second kappa shape index (κ2) is 10.3. The van der Waals surface area contributed by atoms with Crippen LogP contribution in [0, 0.1) is 26.6 Å². The van der Waals surface area contributed by atoms with Crippen molar-refractivity contribution in [3.8, 4) is 0 Å². The molecule has 0 aliphatic rings. The standard InChI is InChI=1S/C26H29FN2O3S/c1-18-14-20(3)25(15-19(18)2)21(4)28-26(30)17-29(16-22-8-6-5-7-9-22)33(31,32)24-12-10-23(27)11-13-24/h5-15,21H,16-17H2,1-4H3,(H,28,30)/t21-/m0/s1. The summed E-state index contributed by atoms with van der Waals surface area (Å²) < 4.78 is 41.1. The first-order chi connectivity index (χ1) is 15.6. The number of hydrogen-bond donors (Lipinski definition) is 1. The highest BCUT2D eigenvalue weighted by atomic mass is 32.2. The number of sulfonamides is 1. The Balaban J connectivity index is 1.84. The van der Waals surface area contributed by atoms with Crippen molar-refractivity contribution in [2.45, 2.75) is 45.2 Å². The van der Waals surface area contributed by atoms with Gasteiger partial charge in [0.25, 0.3) is 0 Å². The van der Waals surface area contributed by atoms with Gasteiger partial charge < -0.3 is 5.32 Å². The molecule has 0 aliphatic heterocycles. The predicted octanol–water partition coefficient (Wildman–Crippen LogP) is 4.82. The Kier molecular flexibility index (Phi) is 7.66. The zero-order chi connectivity index (χ0) is 24.2. The number of carbonyl (C=O) groups excluding carboxylic acids is 1. The van der Waals surface area contributed by atoms with Crippen LogP contribution in [0.3, 0.4) is 0 Å². The number of nitrogens with one attached hydrogen (secondary N) is 1. The fourth-order valence-corrected chi connectivity index (χ4v) is 5.13. The number of rotatable bonds is 8. The monoisotopic (exact) mass is 468 g/mol. The normalized spacial score (nSPS) is 12.5. The van der Waals surface area contributed by atoms with Crippen molar-refractivity contribution >= 4 is 15.9 Å². The van der Waals surface area contributed by atoms with Gasteiger partial charge in [-0.1, -0.05) is 42.5 Å². The number of benzene rings is 3. The lowest BCUT2D eigenvalue weighted by atomic mass is 9.96. The maximum absolute atomic E-state index is 13.4. The van der Waals surface area contributed by atoms with Crippen LogP contribution in [0.4, 0.5) is 4.39 Å². The molecule has 174 valence electrons. The molecule has 0 aliphatic carbocycles. The van der Waals surface area contributed by atoms with Crippen LogP contribution in [0.15, 0.2) is 71.6 Å². The molecule has 3 aromatic carbocycles. The molecule has 0 radical (unpaired) electrons. The Hall–Kier alpha value is -3.03. The van der Waals surface area contributed by atoms with E-state index >= 15 is 0 Å². The average molecular weight is 469 g/mol. The Labute approximate surface area is 195 Å². The van der Waals surface area contributed by atoms with E-state index in [1.807, 2.05) is 52.0 Å². The number of halogens is 1. The lowest BCUT2D eigenvalue weighted by molar-refractivity contribution is -0.122. The van der Waals surface area contributed by atoms with Gasteiger partial charge >= 0.3 is 0 Å². The molecule has 33 heavy (non-hydrogen) atoms. The minimum absolute atomic E-state index is 0.0189. The van der Waals surface area contributed by atoms with Gasteiger partial charge in [0.05, 0.1) is 17.5 Å². The van der Waals surface area contributed by atoms with Crippen molar-refractivity contribution in [3.05, 3.63) is 100 Å². The first kappa shape index (κ1) is 24.6. The Morgan fingerprint density at radius 3 is 2.18 bits per heavy atom. The summed E-state index contributed by atoms with van der Waals surface area (Å²) in [6.07, 6.45) is 0. The van der Waals surface area contributed by atoms with Crippen LogP contribution in [0.2, 0.25) is 0 Å². The molecular formula is C26H29FN2O3S. The summed E-state index contributed by atoms with van der Waals surface area (Å²) in [5.74, 6) is -0.944. The molecule has 1 amide bonds. The van der Waals surface area contributed by atoms with Crippen molar-refractivity contribution in [2.75, 3.05) is 6.54 Å². The van der Waals surface area contributed by atoms with E-state index in [9.17, 15) is 17.6 Å². The molecule has 5 nitrogen and oxygen atoms in total. The summed E-state index contributed by atoms with van der Waals surface area (Å²) in [7, 11) is -4.03. The van der Waals surface area contributed by atoms with Crippen LogP contribution < -0.4 is 5.32 Å². The van der Waals surface area contributed by atoms with Gasteiger partial charge in [0.2, 0.25) is 15.9 Å². The third-order valence-corrected chi connectivity index (χ3v) is 7.51. The molecule has 1 N–H and O–H groups in total. The predicted molar refractivity (Wildman–Crippen MR) is 128 cm³/mol. The van der Waals surface area contributed by atoms with Gasteiger partial charge in [-0.3, -0.25) is 4.79 Å². The fraction of sp³-hybridized carbons (Fsp3) is 0.269. The van der Waals surface area contributed by atoms with Crippen LogP contribution in [0.5, 0.6) is 0 Å². The number of hydrogen-bond acceptors (Lipinski definition) is 3. The smallest absolute Gasteiger partial charge is 0.243 e. The van der Waals surface area contributed by atoms with Gasteiger partial charge in [0.15, 0.2) is 0 Å². The Morgan fingerprint density at radius 1 is 0.939 bits per heavy atom. The van der Waals surface area contributed by atoms with Gasteiger partial charge in [0.1, 0.15) is 5.82 Å². The maximum atomic E-state index is 13.4. The lowest BCUT2D eigenvalue weighted by Gasteiger charge is -2.24. The number of nitrogens with zero attached hydrogens (tertiary/aromatic N) is 1. The second-order valence-corrected chi connectivity index (χ2v) is 10.2. The summed E-state index contributed by atoms with van der Waals surface area (Å²) in [5.41, 5.74) is 5.10. The molecular weight excluding hydrogens is 439 g/mol. The van der Waals surface area contributed by atoms with Crippen LogP contribution in [-0.2, 0) is 21.4 Å². The van der Waals surface area contributed by atoms with Gasteiger partial charge in [-0.15, -0.1) is 0 Å². The molecule has 0 spiro atoms. The molecule has 0 aromatic heterocycles. The summed E-state index contributed by atoms with van der Waals surface area (Å²) in [6, 6.07) is 17.5. The number of amides is 1. The Morgan fingerprint density at radius 2 is 1.55 bits per heavy atom. The van der Waals surface area contributed by atoms with E-state index in [-0.39, 0.29) is 24.0 Å². The molecule has 1 atom stereocenters. The van der Waals surface area contributed by atoms with Crippen LogP contribution in [0.25, 0.3) is 0 Å². The molecule has 0 heterocycles. The number of aryl methyl sites for hydroxylation is 3. The van der Waals surface area contributed by atoms with Crippen molar-refractivity contribution in [1.82, 2.24) is 9.62 Å². The van der Waals surface area contributed by atoms with Gasteiger partial charge in [0, 0.05) is 6.54 Å². The van der Waals surface area contributed by atoms with E-state index in [1.165, 1.54) is 17.7 Å². The minimum Gasteiger partial charge on any atom is -0.348 e. The molecule has 0 bridgehead atoms. The highest BCUT2D eigenvalue weighted by Gasteiger charge is 2.27. The molecule has 0 unspecified atom stereocenters. The molecule has 0 fully saturated rings.